The summed E-state index contributed by atoms with van der Waals surface area (Å²) in [6.07, 6.45) is 0.942. The maximum atomic E-state index is 12.9. The summed E-state index contributed by atoms with van der Waals surface area (Å²) >= 11 is 0. The van der Waals surface area contributed by atoms with Crippen molar-refractivity contribution in [3.05, 3.63) is 71.8 Å². The van der Waals surface area contributed by atoms with Gasteiger partial charge >= 0.3 is 7.82 Å². The summed E-state index contributed by atoms with van der Waals surface area (Å²) < 4.78 is 29.5. The zero-order valence-corrected chi connectivity index (χ0v) is 15.2. The van der Waals surface area contributed by atoms with Crippen LogP contribution in [-0.4, -0.2) is 6.61 Å². The Morgan fingerprint density at radius 2 is 1.29 bits per heavy atom. The van der Waals surface area contributed by atoms with Crippen molar-refractivity contribution in [1.82, 2.24) is 0 Å². The molecule has 0 aliphatic carbocycles. The van der Waals surface area contributed by atoms with Crippen molar-refractivity contribution < 1.29 is 18.1 Å². The highest BCUT2D eigenvalue weighted by atomic mass is 31.2. The highest BCUT2D eigenvalue weighted by molar-refractivity contribution is 7.48. The van der Waals surface area contributed by atoms with E-state index in [4.69, 9.17) is 13.6 Å². The summed E-state index contributed by atoms with van der Waals surface area (Å²) in [5.74, 6) is 0.291. The molecular weight excluding hydrogens is 323 g/mol. The molecule has 0 aliphatic rings. The maximum absolute atomic E-state index is 12.9. The lowest BCUT2D eigenvalue weighted by Crippen LogP contribution is -2.07. The Morgan fingerprint density at radius 3 is 1.71 bits per heavy atom. The summed E-state index contributed by atoms with van der Waals surface area (Å²) in [7, 11) is -3.62. The van der Waals surface area contributed by atoms with Gasteiger partial charge in [0.15, 0.2) is 0 Å². The molecule has 2 aromatic rings. The number of hydrogen-bond acceptors (Lipinski definition) is 4. The molecule has 0 radical (unpaired) electrons. The van der Waals surface area contributed by atoms with Gasteiger partial charge in [-0.25, -0.2) is 4.57 Å². The van der Waals surface area contributed by atoms with E-state index in [9.17, 15) is 4.57 Å². The predicted molar refractivity (Wildman–Crippen MR) is 95.5 cm³/mol. The van der Waals surface area contributed by atoms with Crippen LogP contribution in [0.1, 0.15) is 31.4 Å². The zero-order chi connectivity index (χ0) is 17.3. The van der Waals surface area contributed by atoms with Gasteiger partial charge in [0.1, 0.15) is 0 Å². The van der Waals surface area contributed by atoms with Crippen molar-refractivity contribution in [3.63, 3.8) is 0 Å². The second kappa shape index (κ2) is 9.75. The average molecular weight is 348 g/mol. The Bertz CT molecular complexity index is 583. The van der Waals surface area contributed by atoms with Crippen LogP contribution in [0.15, 0.2) is 60.7 Å². The molecule has 0 bridgehead atoms. The van der Waals surface area contributed by atoms with Crippen molar-refractivity contribution in [3.8, 4) is 0 Å². The van der Waals surface area contributed by atoms with E-state index in [2.05, 4.69) is 6.92 Å². The number of rotatable bonds is 10. The van der Waals surface area contributed by atoms with Crippen LogP contribution >= 0.6 is 7.82 Å². The van der Waals surface area contributed by atoms with Crippen molar-refractivity contribution in [2.45, 2.75) is 33.5 Å². The molecule has 5 heteroatoms. The van der Waals surface area contributed by atoms with Gasteiger partial charge in [-0.2, -0.15) is 0 Å². The second-order valence-corrected chi connectivity index (χ2v) is 7.44. The van der Waals surface area contributed by atoms with Crippen LogP contribution in [0.2, 0.25) is 0 Å². The highest BCUT2D eigenvalue weighted by Crippen LogP contribution is 2.51. The smallest absolute Gasteiger partial charge is 0.287 e. The largest absolute Gasteiger partial charge is 0.475 e. The number of phosphoric ester groups is 1. The molecule has 2 aromatic carbocycles. The van der Waals surface area contributed by atoms with Gasteiger partial charge in [0.25, 0.3) is 0 Å². The quantitative estimate of drug-likeness (QED) is 0.525. The van der Waals surface area contributed by atoms with Crippen LogP contribution in [0.4, 0.5) is 0 Å². The molecule has 130 valence electrons. The summed E-state index contributed by atoms with van der Waals surface area (Å²) in [5, 5.41) is 0. The van der Waals surface area contributed by atoms with E-state index in [1.807, 2.05) is 67.6 Å². The SMILES string of the molecule is CCC(C)COP(=O)(OCc1ccccc1)OCc1ccccc1. The molecule has 0 saturated carbocycles. The van der Waals surface area contributed by atoms with Gasteiger partial charge in [0.2, 0.25) is 0 Å². The van der Waals surface area contributed by atoms with Gasteiger partial charge in [0, 0.05) is 0 Å². The Morgan fingerprint density at radius 1 is 0.833 bits per heavy atom. The van der Waals surface area contributed by atoms with Crippen molar-refractivity contribution in [2.75, 3.05) is 6.61 Å². The average Bonchev–Trinajstić information content (AvgIpc) is 2.65. The minimum absolute atomic E-state index is 0.188. The van der Waals surface area contributed by atoms with E-state index in [1.165, 1.54) is 0 Å². The van der Waals surface area contributed by atoms with E-state index in [-0.39, 0.29) is 13.2 Å². The topological polar surface area (TPSA) is 44.8 Å². The third-order valence-electron chi connectivity index (χ3n) is 3.68. The van der Waals surface area contributed by atoms with Gasteiger partial charge in [-0.3, -0.25) is 13.6 Å². The van der Waals surface area contributed by atoms with Crippen molar-refractivity contribution in [2.24, 2.45) is 5.92 Å². The van der Waals surface area contributed by atoms with Gasteiger partial charge in [-0.05, 0) is 17.0 Å². The number of hydrogen-bond donors (Lipinski definition) is 0. The molecule has 1 atom stereocenters. The normalized spacial score (nSPS) is 12.9. The lowest BCUT2D eigenvalue weighted by atomic mass is 10.1. The highest BCUT2D eigenvalue weighted by Gasteiger charge is 2.27. The molecule has 0 aliphatic heterocycles. The Balaban J connectivity index is 1.98. The zero-order valence-electron chi connectivity index (χ0n) is 14.3. The van der Waals surface area contributed by atoms with E-state index < -0.39 is 7.82 Å². The van der Waals surface area contributed by atoms with Crippen LogP contribution in [0, 0.1) is 5.92 Å². The van der Waals surface area contributed by atoms with E-state index >= 15 is 0 Å². The van der Waals surface area contributed by atoms with E-state index in [1.54, 1.807) is 0 Å². The minimum Gasteiger partial charge on any atom is -0.287 e. The number of benzene rings is 2. The van der Waals surface area contributed by atoms with Crippen LogP contribution in [0.5, 0.6) is 0 Å². The second-order valence-electron chi connectivity index (χ2n) is 5.77. The van der Waals surface area contributed by atoms with Gasteiger partial charge < -0.3 is 0 Å². The van der Waals surface area contributed by atoms with Gasteiger partial charge in [-0.15, -0.1) is 0 Å². The molecule has 24 heavy (non-hydrogen) atoms. The molecule has 0 spiro atoms. The van der Waals surface area contributed by atoms with Crippen LogP contribution in [-0.2, 0) is 31.4 Å². The fourth-order valence-corrected chi connectivity index (χ4v) is 3.18. The maximum Gasteiger partial charge on any atom is 0.475 e. The van der Waals surface area contributed by atoms with Crippen molar-refractivity contribution in [1.29, 1.82) is 0 Å². The molecule has 0 saturated heterocycles. The summed E-state index contributed by atoms with van der Waals surface area (Å²) in [6, 6.07) is 19.1. The fraction of sp³-hybridized carbons (Fsp3) is 0.368. The molecule has 1 unspecified atom stereocenters. The summed E-state index contributed by atoms with van der Waals surface area (Å²) in [4.78, 5) is 0. The Labute approximate surface area is 144 Å². The lowest BCUT2D eigenvalue weighted by Gasteiger charge is -2.20. The van der Waals surface area contributed by atoms with Crippen LogP contribution in [0.25, 0.3) is 0 Å². The molecule has 2 rings (SSSR count). The number of phosphoric acid groups is 1. The Kier molecular flexibility index (Phi) is 7.67. The third kappa shape index (κ3) is 6.58. The first-order valence-corrected chi connectivity index (χ1v) is 9.69. The monoisotopic (exact) mass is 348 g/mol. The van der Waals surface area contributed by atoms with E-state index in [0.717, 1.165) is 17.5 Å². The molecule has 0 amide bonds. The molecular formula is C19H25O4P. The first kappa shape index (κ1) is 18.9. The first-order valence-electron chi connectivity index (χ1n) is 8.23. The van der Waals surface area contributed by atoms with Gasteiger partial charge in [0.05, 0.1) is 19.8 Å². The molecule has 0 aromatic heterocycles. The standard InChI is InChI=1S/C19H25O4P/c1-3-17(2)14-21-24(20,22-15-18-10-6-4-7-11-18)23-16-19-12-8-5-9-13-19/h4-13,17H,3,14-16H2,1-2H3. The molecule has 4 nitrogen and oxygen atoms in total. The predicted octanol–water partition coefficient (Wildman–Crippen LogP) is 5.59. The first-order chi connectivity index (χ1) is 11.6. The fourth-order valence-electron chi connectivity index (χ4n) is 1.90. The van der Waals surface area contributed by atoms with E-state index in [0.29, 0.717) is 12.5 Å². The lowest BCUT2D eigenvalue weighted by molar-refractivity contribution is 0.0921. The van der Waals surface area contributed by atoms with Crippen LogP contribution in [0.3, 0.4) is 0 Å². The molecule has 0 N–H and O–H groups in total. The summed E-state index contributed by atoms with van der Waals surface area (Å²) in [5.41, 5.74) is 1.85. The molecule has 0 heterocycles. The van der Waals surface area contributed by atoms with Gasteiger partial charge in [-0.1, -0.05) is 80.9 Å². The van der Waals surface area contributed by atoms with Crippen molar-refractivity contribution >= 4 is 7.82 Å². The molecule has 0 fully saturated rings. The Hall–Kier alpha value is -1.45. The van der Waals surface area contributed by atoms with Crippen LogP contribution < -0.4 is 0 Å². The summed E-state index contributed by atoms with van der Waals surface area (Å²) in [6.45, 7) is 4.82. The minimum atomic E-state index is -3.62. The third-order valence-corrected chi connectivity index (χ3v) is 5.03.